The first-order valence-corrected chi connectivity index (χ1v) is 11.4. The van der Waals surface area contributed by atoms with E-state index in [9.17, 15) is 10.1 Å². The number of ether oxygens (including phenoxy) is 2. The van der Waals surface area contributed by atoms with E-state index in [2.05, 4.69) is 31.9 Å². The second-order valence-corrected chi connectivity index (χ2v) is 9.27. The Morgan fingerprint density at radius 2 is 1.94 bits per heavy atom. The van der Waals surface area contributed by atoms with Gasteiger partial charge in [-0.3, -0.25) is 10.1 Å². The average Bonchev–Trinajstić information content (AvgIpc) is 3.24. The molecule has 2 aliphatic heterocycles. The van der Waals surface area contributed by atoms with Crippen molar-refractivity contribution in [3.8, 4) is 11.5 Å². The molecule has 9 heteroatoms. The van der Waals surface area contributed by atoms with Gasteiger partial charge in [0.15, 0.2) is 0 Å². The van der Waals surface area contributed by atoms with Crippen molar-refractivity contribution in [2.24, 2.45) is 5.10 Å². The van der Waals surface area contributed by atoms with Crippen LogP contribution in [0.1, 0.15) is 35.4 Å². The Kier molecular flexibility index (Phi) is 5.38. The summed E-state index contributed by atoms with van der Waals surface area (Å²) in [6, 6.07) is 18.2. The van der Waals surface area contributed by atoms with Crippen LogP contribution in [0, 0.1) is 10.1 Å². The molecular formula is C23H17Br2N3O4. The third-order valence-electron chi connectivity index (χ3n) is 5.60. The lowest BCUT2D eigenvalue weighted by Gasteiger charge is -2.38. The molecular weight excluding hydrogens is 542 g/mol. The molecule has 0 aromatic heterocycles. The average molecular weight is 559 g/mol. The molecule has 5 rings (SSSR count). The summed E-state index contributed by atoms with van der Waals surface area (Å²) in [7, 11) is 1.63. The van der Waals surface area contributed by atoms with Gasteiger partial charge in [0, 0.05) is 34.2 Å². The smallest absolute Gasteiger partial charge is 0.269 e. The summed E-state index contributed by atoms with van der Waals surface area (Å²) in [5.41, 5.74) is 3.60. The lowest BCUT2D eigenvalue weighted by atomic mass is 9.96. The zero-order chi connectivity index (χ0) is 22.4. The van der Waals surface area contributed by atoms with Crippen LogP contribution in [-0.2, 0) is 0 Å². The largest absolute Gasteiger partial charge is 0.497 e. The van der Waals surface area contributed by atoms with Gasteiger partial charge in [0.05, 0.1) is 28.3 Å². The fourth-order valence-electron chi connectivity index (χ4n) is 4.08. The van der Waals surface area contributed by atoms with Crippen molar-refractivity contribution >= 4 is 43.3 Å². The van der Waals surface area contributed by atoms with Gasteiger partial charge >= 0.3 is 0 Å². The molecule has 0 N–H and O–H groups in total. The maximum atomic E-state index is 11.3. The van der Waals surface area contributed by atoms with Crippen LogP contribution in [0.2, 0.25) is 0 Å². The van der Waals surface area contributed by atoms with Crippen molar-refractivity contribution in [2.75, 3.05) is 7.11 Å². The van der Waals surface area contributed by atoms with Crippen molar-refractivity contribution in [3.05, 3.63) is 96.4 Å². The van der Waals surface area contributed by atoms with Crippen LogP contribution in [0.15, 0.2) is 74.7 Å². The van der Waals surface area contributed by atoms with E-state index in [0.717, 1.165) is 37.3 Å². The van der Waals surface area contributed by atoms with Crippen LogP contribution in [0.5, 0.6) is 11.5 Å². The van der Waals surface area contributed by atoms with E-state index in [4.69, 9.17) is 14.6 Å². The van der Waals surface area contributed by atoms with Crippen LogP contribution >= 0.6 is 31.9 Å². The number of hydrogen-bond donors (Lipinski definition) is 0. The van der Waals surface area contributed by atoms with E-state index in [1.165, 1.54) is 6.07 Å². The fraction of sp³-hybridized carbons (Fsp3) is 0.174. The molecule has 0 radical (unpaired) electrons. The molecule has 2 heterocycles. The zero-order valence-corrected chi connectivity index (χ0v) is 20.0. The molecule has 2 unspecified atom stereocenters. The molecule has 2 atom stereocenters. The maximum absolute atomic E-state index is 11.3. The molecule has 0 fully saturated rings. The van der Waals surface area contributed by atoms with Gasteiger partial charge in [-0.15, -0.1) is 0 Å². The Balaban J connectivity index is 1.61. The third-order valence-corrected chi connectivity index (χ3v) is 6.64. The summed E-state index contributed by atoms with van der Waals surface area (Å²) < 4.78 is 13.4. The van der Waals surface area contributed by atoms with E-state index in [0.29, 0.717) is 12.0 Å². The number of hydrazone groups is 1. The molecule has 3 aromatic carbocycles. The first-order chi connectivity index (χ1) is 15.4. The van der Waals surface area contributed by atoms with Gasteiger partial charge < -0.3 is 9.47 Å². The Morgan fingerprint density at radius 3 is 2.66 bits per heavy atom. The molecule has 0 saturated heterocycles. The first-order valence-electron chi connectivity index (χ1n) is 9.85. The lowest BCUT2D eigenvalue weighted by Crippen LogP contribution is -2.34. The van der Waals surface area contributed by atoms with Crippen LogP contribution in [0.4, 0.5) is 5.69 Å². The van der Waals surface area contributed by atoms with Crippen LogP contribution in [0.3, 0.4) is 0 Å². The monoisotopic (exact) mass is 557 g/mol. The fourth-order valence-corrected chi connectivity index (χ4v) is 5.44. The Bertz CT molecular complexity index is 1250. The number of rotatable bonds is 4. The minimum atomic E-state index is -0.597. The summed E-state index contributed by atoms with van der Waals surface area (Å²) in [6.07, 6.45) is 0.0809. The highest BCUT2D eigenvalue weighted by Gasteiger charge is 2.42. The number of nitro groups is 1. The quantitative estimate of drug-likeness (QED) is 0.274. The van der Waals surface area contributed by atoms with Crippen molar-refractivity contribution in [2.45, 2.75) is 18.7 Å². The number of methoxy groups -OCH3 is 1. The minimum absolute atomic E-state index is 0.0156. The first kappa shape index (κ1) is 21.0. The van der Waals surface area contributed by atoms with E-state index >= 15 is 0 Å². The van der Waals surface area contributed by atoms with Crippen LogP contribution in [-0.4, -0.2) is 22.8 Å². The van der Waals surface area contributed by atoms with Gasteiger partial charge in [-0.1, -0.05) is 28.1 Å². The third kappa shape index (κ3) is 3.65. The van der Waals surface area contributed by atoms with Crippen LogP contribution in [0.25, 0.3) is 0 Å². The second-order valence-electron chi connectivity index (χ2n) is 7.50. The van der Waals surface area contributed by atoms with Crippen molar-refractivity contribution in [1.82, 2.24) is 5.01 Å². The van der Waals surface area contributed by atoms with Gasteiger partial charge in [0.1, 0.15) is 11.5 Å². The Labute approximate surface area is 201 Å². The standard InChI is InChI=1S/C23H17Br2N3O4/c1-31-17-7-5-13(6-8-17)20-12-21-18-10-15(24)11-19(25)22(18)32-23(27(21)26-20)14-3-2-4-16(9-14)28(29)30/h2-11,21,23H,12H2,1H3. The predicted octanol–water partition coefficient (Wildman–Crippen LogP) is 6.37. The molecule has 2 aliphatic rings. The minimum Gasteiger partial charge on any atom is -0.497 e. The number of non-ortho nitro benzene ring substituents is 1. The van der Waals surface area contributed by atoms with Crippen molar-refractivity contribution in [3.63, 3.8) is 0 Å². The van der Waals surface area contributed by atoms with Gasteiger partial charge in [-0.05, 0) is 57.9 Å². The van der Waals surface area contributed by atoms with Crippen molar-refractivity contribution in [1.29, 1.82) is 0 Å². The van der Waals surface area contributed by atoms with E-state index in [1.54, 1.807) is 19.2 Å². The number of fused-ring (bicyclic) bond motifs is 3. The van der Waals surface area contributed by atoms with Gasteiger partial charge in [-0.25, -0.2) is 5.01 Å². The topological polar surface area (TPSA) is 77.2 Å². The summed E-state index contributed by atoms with van der Waals surface area (Å²) in [4.78, 5) is 10.9. The highest BCUT2D eigenvalue weighted by Crippen LogP contribution is 2.51. The summed E-state index contributed by atoms with van der Waals surface area (Å²) in [5.74, 6) is 1.50. The molecule has 0 spiro atoms. The number of halogens is 2. The summed E-state index contributed by atoms with van der Waals surface area (Å²) >= 11 is 7.18. The number of benzene rings is 3. The lowest BCUT2D eigenvalue weighted by molar-refractivity contribution is -0.385. The molecule has 0 amide bonds. The predicted molar refractivity (Wildman–Crippen MR) is 127 cm³/mol. The van der Waals surface area contributed by atoms with Gasteiger partial charge in [-0.2, -0.15) is 5.10 Å². The van der Waals surface area contributed by atoms with Crippen LogP contribution < -0.4 is 9.47 Å². The molecule has 32 heavy (non-hydrogen) atoms. The molecule has 0 saturated carbocycles. The number of nitro benzene ring substituents is 1. The van der Waals surface area contributed by atoms with Crippen molar-refractivity contribution < 1.29 is 14.4 Å². The Hall–Kier alpha value is -2.91. The molecule has 162 valence electrons. The summed E-state index contributed by atoms with van der Waals surface area (Å²) in [6.45, 7) is 0. The molecule has 3 aromatic rings. The normalized spacial score (nSPS) is 19.0. The molecule has 0 aliphatic carbocycles. The Morgan fingerprint density at radius 1 is 1.16 bits per heavy atom. The highest BCUT2D eigenvalue weighted by atomic mass is 79.9. The van der Waals surface area contributed by atoms with E-state index in [-0.39, 0.29) is 11.7 Å². The SMILES string of the molecule is COc1ccc(C2=NN3C(C2)c2cc(Br)cc(Br)c2OC3c2cccc([N+](=O)[O-])c2)cc1. The summed E-state index contributed by atoms with van der Waals surface area (Å²) in [5, 5.41) is 18.2. The van der Waals surface area contributed by atoms with E-state index < -0.39 is 11.2 Å². The molecule has 0 bridgehead atoms. The number of hydrogen-bond acceptors (Lipinski definition) is 6. The maximum Gasteiger partial charge on any atom is 0.269 e. The zero-order valence-electron chi connectivity index (χ0n) is 16.9. The van der Waals surface area contributed by atoms with Gasteiger partial charge in [0.25, 0.3) is 5.69 Å². The second kappa shape index (κ2) is 8.22. The highest BCUT2D eigenvalue weighted by molar-refractivity contribution is 9.11. The molecule has 7 nitrogen and oxygen atoms in total. The van der Waals surface area contributed by atoms with E-state index in [1.807, 2.05) is 47.5 Å². The number of nitrogens with zero attached hydrogens (tertiary/aromatic N) is 3. The van der Waals surface area contributed by atoms with Gasteiger partial charge in [0.2, 0.25) is 6.23 Å².